The topological polar surface area (TPSA) is 61.6 Å². The maximum absolute atomic E-state index is 12.5. The van der Waals surface area contributed by atoms with E-state index in [2.05, 4.69) is 39.1 Å². The van der Waals surface area contributed by atoms with Gasteiger partial charge in [-0.2, -0.15) is 11.3 Å². The van der Waals surface area contributed by atoms with E-state index in [0.717, 1.165) is 43.3 Å². The zero-order chi connectivity index (χ0) is 17.1. The molecule has 3 heterocycles. The first-order valence-corrected chi connectivity index (χ1v) is 9.31. The number of aromatic nitrogens is 1. The molecule has 24 heavy (non-hydrogen) atoms. The average molecular weight is 348 g/mol. The Morgan fingerprint density at radius 1 is 1.42 bits per heavy atom. The Bertz CT molecular complexity index is 675. The molecule has 7 heteroatoms. The molecule has 0 aromatic carbocycles. The van der Waals surface area contributed by atoms with Crippen molar-refractivity contribution in [2.24, 2.45) is 0 Å². The van der Waals surface area contributed by atoms with E-state index in [0.29, 0.717) is 12.5 Å². The molecule has 0 aliphatic carbocycles. The van der Waals surface area contributed by atoms with Gasteiger partial charge in [-0.1, -0.05) is 12.1 Å². The predicted octanol–water partition coefficient (Wildman–Crippen LogP) is 3.52. The van der Waals surface area contributed by atoms with Gasteiger partial charge in [0.2, 0.25) is 0 Å². The number of thiophene rings is 1. The summed E-state index contributed by atoms with van der Waals surface area (Å²) < 4.78 is 5.23. The van der Waals surface area contributed by atoms with Crippen LogP contribution in [0.15, 0.2) is 21.3 Å². The van der Waals surface area contributed by atoms with Gasteiger partial charge in [-0.25, -0.2) is 4.79 Å². The highest BCUT2D eigenvalue weighted by atomic mass is 32.1. The third-order valence-electron chi connectivity index (χ3n) is 4.66. The number of anilines is 1. The number of hydrogen-bond donors (Lipinski definition) is 1. The van der Waals surface area contributed by atoms with Gasteiger partial charge in [0.05, 0.1) is 0 Å². The lowest BCUT2D eigenvalue weighted by molar-refractivity contribution is 0.119. The second kappa shape index (κ2) is 7.36. The number of hydrogen-bond acceptors (Lipinski definition) is 5. The first kappa shape index (κ1) is 17.0. The van der Waals surface area contributed by atoms with E-state index >= 15 is 0 Å². The van der Waals surface area contributed by atoms with Crippen LogP contribution in [0, 0.1) is 6.92 Å². The normalized spacial score (nSPS) is 17.0. The highest BCUT2D eigenvalue weighted by Gasteiger charge is 2.26. The van der Waals surface area contributed by atoms with Gasteiger partial charge in [0, 0.05) is 38.6 Å². The molecule has 1 aliphatic rings. The summed E-state index contributed by atoms with van der Waals surface area (Å²) in [6.45, 7) is 9.28. The second-order valence-electron chi connectivity index (χ2n) is 6.11. The van der Waals surface area contributed by atoms with Crippen molar-refractivity contribution in [1.82, 2.24) is 15.0 Å². The molecule has 1 aliphatic heterocycles. The summed E-state index contributed by atoms with van der Waals surface area (Å²) in [5.41, 5.74) is 2.80. The Hall–Kier alpha value is -1.86. The number of carbonyl (C=O) groups is 1. The number of aryl methyl sites for hydroxylation is 2. The fraction of sp³-hybridized carbons (Fsp3) is 0.529. The molecule has 3 rings (SSSR count). The molecule has 1 fully saturated rings. The summed E-state index contributed by atoms with van der Waals surface area (Å²) in [5, 5.41) is 11.2. The molecule has 1 atom stereocenters. The summed E-state index contributed by atoms with van der Waals surface area (Å²) in [6.07, 6.45) is 0.711. The lowest BCUT2D eigenvalue weighted by Crippen LogP contribution is -2.50. The van der Waals surface area contributed by atoms with Crippen LogP contribution in [0.3, 0.4) is 0 Å². The minimum atomic E-state index is -0.0705. The minimum absolute atomic E-state index is 0.0705. The SMILES string of the molecule is CCc1onc(C)c1NC(=O)N1CCN([C@H](C)c2ccsc2)CC1. The molecule has 2 amide bonds. The highest BCUT2D eigenvalue weighted by molar-refractivity contribution is 7.07. The zero-order valence-corrected chi connectivity index (χ0v) is 15.2. The van der Waals surface area contributed by atoms with Gasteiger partial charge >= 0.3 is 6.03 Å². The van der Waals surface area contributed by atoms with E-state index in [1.165, 1.54) is 5.56 Å². The maximum Gasteiger partial charge on any atom is 0.322 e. The van der Waals surface area contributed by atoms with Gasteiger partial charge in [0.15, 0.2) is 5.76 Å². The zero-order valence-electron chi connectivity index (χ0n) is 14.4. The van der Waals surface area contributed by atoms with Gasteiger partial charge in [-0.15, -0.1) is 0 Å². The lowest BCUT2D eigenvalue weighted by Gasteiger charge is -2.37. The van der Waals surface area contributed by atoms with Crippen LogP contribution in [0.1, 0.15) is 36.9 Å². The van der Waals surface area contributed by atoms with Crippen molar-refractivity contribution >= 4 is 23.1 Å². The summed E-state index contributed by atoms with van der Waals surface area (Å²) >= 11 is 1.73. The summed E-state index contributed by atoms with van der Waals surface area (Å²) in [6, 6.07) is 2.50. The number of urea groups is 1. The smallest absolute Gasteiger partial charge is 0.322 e. The summed E-state index contributed by atoms with van der Waals surface area (Å²) in [7, 11) is 0. The molecule has 0 saturated carbocycles. The van der Waals surface area contributed by atoms with Gasteiger partial charge < -0.3 is 14.7 Å². The first-order chi connectivity index (χ1) is 11.6. The number of rotatable bonds is 4. The van der Waals surface area contributed by atoms with Crippen LogP contribution in [0.5, 0.6) is 0 Å². The van der Waals surface area contributed by atoms with Crippen molar-refractivity contribution in [1.29, 1.82) is 0 Å². The van der Waals surface area contributed by atoms with Crippen molar-refractivity contribution in [3.05, 3.63) is 33.8 Å². The molecule has 0 unspecified atom stereocenters. The average Bonchev–Trinajstić information content (AvgIpc) is 3.25. The van der Waals surface area contributed by atoms with Crippen molar-refractivity contribution in [3.8, 4) is 0 Å². The molecule has 0 spiro atoms. The van der Waals surface area contributed by atoms with E-state index in [1.54, 1.807) is 11.3 Å². The molecule has 130 valence electrons. The Morgan fingerprint density at radius 2 is 2.17 bits per heavy atom. The molecule has 0 bridgehead atoms. The Kier molecular flexibility index (Phi) is 5.20. The monoisotopic (exact) mass is 348 g/mol. The van der Waals surface area contributed by atoms with Crippen LogP contribution >= 0.6 is 11.3 Å². The fourth-order valence-corrected chi connectivity index (χ4v) is 3.79. The fourth-order valence-electron chi connectivity index (χ4n) is 3.04. The van der Waals surface area contributed by atoms with Gasteiger partial charge in [0.1, 0.15) is 11.4 Å². The van der Waals surface area contributed by atoms with Crippen molar-refractivity contribution in [2.75, 3.05) is 31.5 Å². The molecule has 6 nitrogen and oxygen atoms in total. The third kappa shape index (κ3) is 3.47. The molecular weight excluding hydrogens is 324 g/mol. The lowest BCUT2D eigenvalue weighted by atomic mass is 10.1. The van der Waals surface area contributed by atoms with Gasteiger partial charge in [0.25, 0.3) is 0 Å². The van der Waals surface area contributed by atoms with Crippen LogP contribution in [0.25, 0.3) is 0 Å². The van der Waals surface area contributed by atoms with Crippen LogP contribution in [0.4, 0.5) is 10.5 Å². The maximum atomic E-state index is 12.5. The van der Waals surface area contributed by atoms with Gasteiger partial charge in [-0.3, -0.25) is 4.90 Å². The number of carbonyl (C=O) groups excluding carboxylic acids is 1. The Morgan fingerprint density at radius 3 is 2.79 bits per heavy atom. The van der Waals surface area contributed by atoms with Crippen molar-refractivity contribution in [3.63, 3.8) is 0 Å². The quantitative estimate of drug-likeness (QED) is 0.918. The molecule has 1 N–H and O–H groups in total. The molecule has 2 aromatic heterocycles. The predicted molar refractivity (Wildman–Crippen MR) is 95.5 cm³/mol. The standard InChI is InChI=1S/C17H24N4O2S/c1-4-15-16(12(2)19-23-15)18-17(22)21-8-6-20(7-9-21)13(3)14-5-10-24-11-14/h5,10-11,13H,4,6-9H2,1-3H3,(H,18,22)/t13-/m1/s1. The van der Waals surface area contributed by atoms with Crippen molar-refractivity contribution < 1.29 is 9.32 Å². The number of piperazine rings is 1. The highest BCUT2D eigenvalue weighted by Crippen LogP contribution is 2.24. The van der Waals surface area contributed by atoms with E-state index in [-0.39, 0.29) is 6.03 Å². The molecule has 1 saturated heterocycles. The largest absolute Gasteiger partial charge is 0.359 e. The van der Waals surface area contributed by atoms with Crippen LogP contribution in [-0.2, 0) is 6.42 Å². The molecular formula is C17H24N4O2S. The Labute approximate surface area is 146 Å². The number of nitrogens with zero attached hydrogens (tertiary/aromatic N) is 3. The molecule has 2 aromatic rings. The van der Waals surface area contributed by atoms with Crippen molar-refractivity contribution in [2.45, 2.75) is 33.2 Å². The van der Waals surface area contributed by atoms with E-state index in [1.807, 2.05) is 18.7 Å². The van der Waals surface area contributed by atoms with E-state index < -0.39 is 0 Å². The third-order valence-corrected chi connectivity index (χ3v) is 5.36. The van der Waals surface area contributed by atoms with Gasteiger partial charge in [-0.05, 0) is 36.2 Å². The number of nitrogens with one attached hydrogen (secondary N) is 1. The Balaban J connectivity index is 1.56. The second-order valence-corrected chi connectivity index (χ2v) is 6.89. The summed E-state index contributed by atoms with van der Waals surface area (Å²) in [5.74, 6) is 0.727. The summed E-state index contributed by atoms with van der Waals surface area (Å²) in [4.78, 5) is 16.8. The van der Waals surface area contributed by atoms with Crippen LogP contribution < -0.4 is 5.32 Å². The number of amides is 2. The van der Waals surface area contributed by atoms with Crippen LogP contribution in [-0.4, -0.2) is 47.2 Å². The molecule has 0 radical (unpaired) electrons. The first-order valence-electron chi connectivity index (χ1n) is 8.37. The van der Waals surface area contributed by atoms with E-state index in [9.17, 15) is 4.79 Å². The van der Waals surface area contributed by atoms with E-state index in [4.69, 9.17) is 4.52 Å². The minimum Gasteiger partial charge on any atom is -0.359 e. The van der Waals surface area contributed by atoms with Crippen LogP contribution in [0.2, 0.25) is 0 Å².